The third kappa shape index (κ3) is 3.83. The van der Waals surface area contributed by atoms with Crippen molar-refractivity contribution in [3.05, 3.63) is 88.1 Å². The fraction of sp³-hybridized carbons (Fsp3) is 0.111. The molecule has 1 heterocycles. The quantitative estimate of drug-likeness (QED) is 0.764. The van der Waals surface area contributed by atoms with E-state index in [0.29, 0.717) is 5.75 Å². The summed E-state index contributed by atoms with van der Waals surface area (Å²) in [7, 11) is 1.57. The van der Waals surface area contributed by atoms with Gasteiger partial charge in [-0.1, -0.05) is 30.3 Å². The maximum atomic E-state index is 14.1. The van der Waals surface area contributed by atoms with Crippen molar-refractivity contribution >= 4 is 11.9 Å². The van der Waals surface area contributed by atoms with Gasteiger partial charge >= 0.3 is 5.69 Å². The first-order valence-corrected chi connectivity index (χ1v) is 8.29. The molecule has 0 fully saturated rings. The molecule has 3 aromatic rings. The number of ether oxygens (including phenoxy) is 1. The lowest BCUT2D eigenvalue weighted by molar-refractivity contribution is 0.414. The number of nitrogens with zero attached hydrogens (tertiary/aromatic N) is 2. The van der Waals surface area contributed by atoms with E-state index in [-0.39, 0.29) is 6.54 Å². The van der Waals surface area contributed by atoms with Gasteiger partial charge in [0.15, 0.2) is 11.3 Å². The molecule has 0 saturated heterocycles. The molecule has 1 N–H and O–H groups in total. The maximum Gasteiger partial charge on any atom is 0.340 e. The molecule has 0 saturated carbocycles. The highest BCUT2D eigenvalue weighted by Gasteiger charge is 2.11. The second kappa shape index (κ2) is 7.40. The Hall–Kier alpha value is -2.80. The third-order valence-corrected chi connectivity index (χ3v) is 4.53. The van der Waals surface area contributed by atoms with Gasteiger partial charge < -0.3 is 4.74 Å². The van der Waals surface area contributed by atoms with Crippen LogP contribution >= 0.6 is 11.9 Å². The molecule has 1 aromatic heterocycles. The smallest absolute Gasteiger partial charge is 0.340 e. The van der Waals surface area contributed by atoms with E-state index in [1.165, 1.54) is 3.97 Å². The average molecular weight is 357 g/mol. The Morgan fingerprint density at radius 3 is 2.44 bits per heavy atom. The summed E-state index contributed by atoms with van der Waals surface area (Å²) in [4.78, 5) is 13.4. The second-order valence-corrected chi connectivity index (χ2v) is 6.32. The molecular formula is C18H16FN3O2S. The molecule has 0 radical (unpaired) electrons. The van der Waals surface area contributed by atoms with Crippen molar-refractivity contribution in [2.75, 3.05) is 7.11 Å². The second-order valence-electron chi connectivity index (χ2n) is 5.27. The number of aromatic nitrogens is 2. The van der Waals surface area contributed by atoms with E-state index in [9.17, 15) is 9.18 Å². The van der Waals surface area contributed by atoms with Crippen LogP contribution in [0.5, 0.6) is 5.75 Å². The first kappa shape index (κ1) is 17.0. The van der Waals surface area contributed by atoms with Crippen molar-refractivity contribution in [3.8, 4) is 5.75 Å². The molecule has 0 aliphatic heterocycles. The topological polar surface area (TPSA) is 60.0 Å². The molecule has 0 amide bonds. The van der Waals surface area contributed by atoms with Crippen LogP contribution in [0.3, 0.4) is 0 Å². The Morgan fingerprint density at radius 2 is 1.80 bits per heavy atom. The maximum absolute atomic E-state index is 14.1. The first-order valence-electron chi connectivity index (χ1n) is 7.51. The van der Waals surface area contributed by atoms with Gasteiger partial charge in [-0.3, -0.25) is 9.98 Å². The number of rotatable bonds is 5. The SMILES string of the molecule is COc1ccc(Sn2cc(F)c(=N)n(Cc3ccccc3)c2=O)cc1. The summed E-state index contributed by atoms with van der Waals surface area (Å²) in [5, 5.41) is 7.86. The molecule has 0 aliphatic rings. The zero-order chi connectivity index (χ0) is 17.8. The van der Waals surface area contributed by atoms with E-state index < -0.39 is 17.0 Å². The summed E-state index contributed by atoms with van der Waals surface area (Å²) >= 11 is 1.09. The van der Waals surface area contributed by atoms with Gasteiger partial charge in [0.05, 0.1) is 19.9 Å². The van der Waals surface area contributed by atoms with E-state index in [4.69, 9.17) is 10.1 Å². The number of methoxy groups -OCH3 is 1. The minimum absolute atomic E-state index is 0.138. The van der Waals surface area contributed by atoms with Crippen molar-refractivity contribution in [2.24, 2.45) is 0 Å². The summed E-state index contributed by atoms with van der Waals surface area (Å²) < 4.78 is 21.5. The van der Waals surface area contributed by atoms with E-state index >= 15 is 0 Å². The Kier molecular flexibility index (Phi) is 5.04. The van der Waals surface area contributed by atoms with Crippen molar-refractivity contribution in [2.45, 2.75) is 11.4 Å². The van der Waals surface area contributed by atoms with Gasteiger partial charge in [-0.2, -0.15) is 0 Å². The number of hydrogen-bond acceptors (Lipinski definition) is 4. The summed E-state index contributed by atoms with van der Waals surface area (Å²) in [6.45, 7) is 0.138. The minimum atomic E-state index is -0.753. The van der Waals surface area contributed by atoms with Crippen LogP contribution in [0.15, 0.2) is 70.5 Å². The van der Waals surface area contributed by atoms with E-state index in [1.54, 1.807) is 31.4 Å². The van der Waals surface area contributed by atoms with Crippen LogP contribution < -0.4 is 15.9 Å². The average Bonchev–Trinajstić information content (AvgIpc) is 2.64. The standard InChI is InChI=1S/C18H16FN3O2S/c1-24-14-7-9-15(10-8-14)25-22-12-16(19)17(20)21(18(22)23)11-13-5-3-2-4-6-13/h2-10,12,20H,11H2,1H3. The molecule has 0 bridgehead atoms. The number of benzene rings is 2. The lowest BCUT2D eigenvalue weighted by atomic mass is 10.2. The number of halogens is 1. The largest absolute Gasteiger partial charge is 0.497 e. The minimum Gasteiger partial charge on any atom is -0.497 e. The summed E-state index contributed by atoms with van der Waals surface area (Å²) in [5.41, 5.74) is -0.0683. The zero-order valence-corrected chi connectivity index (χ0v) is 14.3. The first-order chi connectivity index (χ1) is 12.1. The lowest BCUT2D eigenvalue weighted by Gasteiger charge is -2.11. The fourth-order valence-electron chi connectivity index (χ4n) is 2.29. The van der Waals surface area contributed by atoms with Crippen LogP contribution in [0, 0.1) is 11.2 Å². The molecule has 0 atom stereocenters. The van der Waals surface area contributed by atoms with Gasteiger partial charge in [0.25, 0.3) is 0 Å². The van der Waals surface area contributed by atoms with Crippen molar-refractivity contribution in [1.82, 2.24) is 8.54 Å². The van der Waals surface area contributed by atoms with E-state index in [2.05, 4.69) is 0 Å². The predicted octanol–water partition coefficient (Wildman–Crippen LogP) is 2.88. The van der Waals surface area contributed by atoms with Gasteiger partial charge in [0.1, 0.15) is 5.75 Å². The van der Waals surface area contributed by atoms with Crippen molar-refractivity contribution in [3.63, 3.8) is 0 Å². The summed E-state index contributed by atoms with van der Waals surface area (Å²) in [6.07, 6.45) is 1.04. The van der Waals surface area contributed by atoms with Crippen molar-refractivity contribution in [1.29, 1.82) is 5.41 Å². The highest BCUT2D eigenvalue weighted by molar-refractivity contribution is 7.97. The Balaban J connectivity index is 1.97. The predicted molar refractivity (Wildman–Crippen MR) is 94.3 cm³/mol. The highest BCUT2D eigenvalue weighted by Crippen LogP contribution is 2.21. The Morgan fingerprint density at radius 1 is 1.12 bits per heavy atom. The zero-order valence-electron chi connectivity index (χ0n) is 13.5. The van der Waals surface area contributed by atoms with Gasteiger partial charge in [0.2, 0.25) is 0 Å². The molecule has 0 aliphatic carbocycles. The van der Waals surface area contributed by atoms with Gasteiger partial charge in [-0.15, -0.1) is 0 Å². The van der Waals surface area contributed by atoms with Gasteiger partial charge in [-0.25, -0.2) is 13.2 Å². The third-order valence-electron chi connectivity index (χ3n) is 3.59. The van der Waals surface area contributed by atoms with Crippen LogP contribution in [0.4, 0.5) is 4.39 Å². The van der Waals surface area contributed by atoms with Crippen LogP contribution in [0.2, 0.25) is 0 Å². The molecule has 25 heavy (non-hydrogen) atoms. The normalized spacial score (nSPS) is 10.6. The molecule has 0 unspecified atom stereocenters. The van der Waals surface area contributed by atoms with Crippen LogP contribution in [0.1, 0.15) is 5.56 Å². The summed E-state index contributed by atoms with van der Waals surface area (Å²) in [5.74, 6) is -0.0555. The number of hydrogen-bond donors (Lipinski definition) is 1. The molecule has 0 spiro atoms. The fourth-order valence-corrected chi connectivity index (χ4v) is 3.10. The monoisotopic (exact) mass is 357 g/mol. The van der Waals surface area contributed by atoms with Crippen LogP contribution in [-0.2, 0) is 6.54 Å². The molecule has 128 valence electrons. The molecule has 2 aromatic carbocycles. The van der Waals surface area contributed by atoms with Crippen LogP contribution in [-0.4, -0.2) is 15.6 Å². The Bertz CT molecular complexity index is 982. The molecule has 5 nitrogen and oxygen atoms in total. The van der Waals surface area contributed by atoms with E-state index in [1.807, 2.05) is 30.3 Å². The van der Waals surface area contributed by atoms with Crippen molar-refractivity contribution < 1.29 is 9.13 Å². The van der Waals surface area contributed by atoms with Gasteiger partial charge in [-0.05, 0) is 41.8 Å². The highest BCUT2D eigenvalue weighted by atomic mass is 32.2. The number of nitrogens with one attached hydrogen (secondary N) is 1. The van der Waals surface area contributed by atoms with Gasteiger partial charge in [0, 0.05) is 4.90 Å². The van der Waals surface area contributed by atoms with Crippen LogP contribution in [0.25, 0.3) is 0 Å². The molecular weight excluding hydrogens is 341 g/mol. The summed E-state index contributed by atoms with van der Waals surface area (Å²) in [6, 6.07) is 16.3. The Labute approximate surface area is 148 Å². The lowest BCUT2D eigenvalue weighted by Crippen LogP contribution is -2.40. The molecule has 3 rings (SSSR count). The van der Waals surface area contributed by atoms with E-state index in [0.717, 1.165) is 33.2 Å². The molecule has 7 heteroatoms.